The standard InChI is InChI=1S/C15H14F2N4/c1-8(2)15-20-14-13(21(15)3)12(18-7-19-14)10-5-4-9(16)6-11(10)17/h4-8H,1-3H3. The fraction of sp³-hybridized carbons (Fsp3) is 0.267. The monoisotopic (exact) mass is 288 g/mol. The van der Waals surface area contributed by atoms with Crippen molar-refractivity contribution < 1.29 is 8.78 Å². The van der Waals surface area contributed by atoms with E-state index in [4.69, 9.17) is 0 Å². The van der Waals surface area contributed by atoms with E-state index in [0.29, 0.717) is 16.9 Å². The molecule has 2 aromatic heterocycles. The molecule has 0 aliphatic heterocycles. The summed E-state index contributed by atoms with van der Waals surface area (Å²) in [6.07, 6.45) is 1.34. The summed E-state index contributed by atoms with van der Waals surface area (Å²) < 4.78 is 29.0. The molecule has 0 spiro atoms. The van der Waals surface area contributed by atoms with E-state index in [1.807, 2.05) is 25.5 Å². The molecule has 6 heteroatoms. The van der Waals surface area contributed by atoms with E-state index in [0.717, 1.165) is 11.9 Å². The van der Waals surface area contributed by atoms with E-state index < -0.39 is 11.6 Å². The molecule has 0 atom stereocenters. The van der Waals surface area contributed by atoms with Gasteiger partial charge in [0.2, 0.25) is 0 Å². The van der Waals surface area contributed by atoms with Crippen molar-refractivity contribution in [1.29, 1.82) is 0 Å². The molecule has 0 bridgehead atoms. The summed E-state index contributed by atoms with van der Waals surface area (Å²) in [5.41, 5.74) is 1.81. The second-order valence-electron chi connectivity index (χ2n) is 5.20. The zero-order valence-electron chi connectivity index (χ0n) is 11.9. The minimum Gasteiger partial charge on any atom is -0.328 e. The maximum Gasteiger partial charge on any atom is 0.181 e. The van der Waals surface area contributed by atoms with Gasteiger partial charge in [0.1, 0.15) is 35.0 Å². The van der Waals surface area contributed by atoms with Gasteiger partial charge in [0.25, 0.3) is 0 Å². The van der Waals surface area contributed by atoms with Gasteiger partial charge in [-0.3, -0.25) is 0 Å². The Kier molecular flexibility index (Phi) is 3.16. The molecule has 21 heavy (non-hydrogen) atoms. The van der Waals surface area contributed by atoms with Crippen LogP contribution in [0.1, 0.15) is 25.6 Å². The number of halogens is 2. The SMILES string of the molecule is CC(C)c1nc2ncnc(-c3ccc(F)cc3F)c2n1C. The van der Waals surface area contributed by atoms with Gasteiger partial charge in [0, 0.05) is 24.6 Å². The van der Waals surface area contributed by atoms with Crippen molar-refractivity contribution in [3.8, 4) is 11.3 Å². The summed E-state index contributed by atoms with van der Waals surface area (Å²) in [5, 5.41) is 0. The van der Waals surface area contributed by atoms with Crippen LogP contribution >= 0.6 is 0 Å². The largest absolute Gasteiger partial charge is 0.328 e. The number of aryl methyl sites for hydroxylation is 1. The number of rotatable bonds is 2. The van der Waals surface area contributed by atoms with Crippen molar-refractivity contribution in [3.05, 3.63) is 42.0 Å². The first-order valence-corrected chi connectivity index (χ1v) is 6.61. The van der Waals surface area contributed by atoms with E-state index in [9.17, 15) is 8.78 Å². The van der Waals surface area contributed by atoms with Gasteiger partial charge in [-0.05, 0) is 12.1 Å². The smallest absolute Gasteiger partial charge is 0.181 e. The third-order valence-electron chi connectivity index (χ3n) is 3.41. The van der Waals surface area contributed by atoms with Crippen LogP contribution in [0.5, 0.6) is 0 Å². The molecule has 0 amide bonds. The molecule has 4 nitrogen and oxygen atoms in total. The third-order valence-corrected chi connectivity index (χ3v) is 3.41. The molecule has 3 rings (SSSR count). The van der Waals surface area contributed by atoms with Crippen molar-refractivity contribution >= 4 is 11.2 Å². The number of imidazole rings is 1. The number of fused-ring (bicyclic) bond motifs is 1. The van der Waals surface area contributed by atoms with Crippen LogP contribution in [0.4, 0.5) is 8.78 Å². The van der Waals surface area contributed by atoms with Crippen LogP contribution in [-0.2, 0) is 7.05 Å². The van der Waals surface area contributed by atoms with Crippen LogP contribution in [0.25, 0.3) is 22.4 Å². The summed E-state index contributed by atoms with van der Waals surface area (Å²) in [6, 6.07) is 3.45. The minimum absolute atomic E-state index is 0.204. The number of benzene rings is 1. The average molecular weight is 288 g/mol. The highest BCUT2D eigenvalue weighted by molar-refractivity contribution is 5.87. The molecule has 108 valence electrons. The van der Waals surface area contributed by atoms with Crippen LogP contribution in [0, 0.1) is 11.6 Å². The molecule has 1 aromatic carbocycles. The quantitative estimate of drug-likeness (QED) is 0.725. The van der Waals surface area contributed by atoms with Crippen LogP contribution < -0.4 is 0 Å². The highest BCUT2D eigenvalue weighted by Gasteiger charge is 2.18. The summed E-state index contributed by atoms with van der Waals surface area (Å²) in [4.78, 5) is 12.8. The van der Waals surface area contributed by atoms with Crippen LogP contribution in [0.15, 0.2) is 24.5 Å². The number of hydrogen-bond acceptors (Lipinski definition) is 3. The second-order valence-corrected chi connectivity index (χ2v) is 5.20. The first kappa shape index (κ1) is 13.6. The van der Waals surface area contributed by atoms with Crippen molar-refractivity contribution in [2.75, 3.05) is 0 Å². The van der Waals surface area contributed by atoms with Gasteiger partial charge < -0.3 is 4.57 Å². The van der Waals surface area contributed by atoms with Crippen molar-refractivity contribution in [2.24, 2.45) is 7.05 Å². The van der Waals surface area contributed by atoms with Gasteiger partial charge in [-0.1, -0.05) is 13.8 Å². The Bertz CT molecular complexity index is 824. The Labute approximate surface area is 120 Å². The normalized spacial score (nSPS) is 11.5. The Balaban J connectivity index is 2.33. The van der Waals surface area contributed by atoms with E-state index in [1.165, 1.54) is 18.5 Å². The number of aromatic nitrogens is 4. The fourth-order valence-electron chi connectivity index (χ4n) is 2.45. The fourth-order valence-corrected chi connectivity index (χ4v) is 2.45. The maximum absolute atomic E-state index is 14.0. The summed E-state index contributed by atoms with van der Waals surface area (Å²) in [7, 11) is 1.85. The van der Waals surface area contributed by atoms with Gasteiger partial charge in [-0.2, -0.15) is 0 Å². The molecule has 0 aliphatic rings. The molecule has 0 unspecified atom stereocenters. The highest BCUT2D eigenvalue weighted by Crippen LogP contribution is 2.29. The van der Waals surface area contributed by atoms with Crippen molar-refractivity contribution in [3.63, 3.8) is 0 Å². The zero-order valence-corrected chi connectivity index (χ0v) is 11.9. The molecule has 0 N–H and O–H groups in total. The van der Waals surface area contributed by atoms with Gasteiger partial charge >= 0.3 is 0 Å². The number of nitrogens with zero attached hydrogens (tertiary/aromatic N) is 4. The van der Waals surface area contributed by atoms with Gasteiger partial charge in [-0.15, -0.1) is 0 Å². The van der Waals surface area contributed by atoms with Crippen LogP contribution in [-0.4, -0.2) is 19.5 Å². The molecule has 2 heterocycles. The first-order chi connectivity index (χ1) is 9.99. The lowest BCUT2D eigenvalue weighted by molar-refractivity contribution is 0.585. The van der Waals surface area contributed by atoms with E-state index in [1.54, 1.807) is 0 Å². The lowest BCUT2D eigenvalue weighted by Gasteiger charge is -2.08. The lowest BCUT2D eigenvalue weighted by Crippen LogP contribution is -2.01. The molecule has 0 saturated carbocycles. The topological polar surface area (TPSA) is 43.6 Å². The van der Waals surface area contributed by atoms with Gasteiger partial charge in [0.05, 0.1) is 0 Å². The van der Waals surface area contributed by atoms with Crippen molar-refractivity contribution in [2.45, 2.75) is 19.8 Å². The number of hydrogen-bond donors (Lipinski definition) is 0. The van der Waals surface area contributed by atoms with Gasteiger partial charge in [0.15, 0.2) is 5.65 Å². The van der Waals surface area contributed by atoms with E-state index >= 15 is 0 Å². The molecular weight excluding hydrogens is 274 g/mol. The molecule has 0 fully saturated rings. The Morgan fingerprint density at radius 1 is 1.14 bits per heavy atom. The van der Waals surface area contributed by atoms with E-state index in [2.05, 4.69) is 15.0 Å². The minimum atomic E-state index is -0.651. The summed E-state index contributed by atoms with van der Waals surface area (Å²) in [6.45, 7) is 4.04. The molecular formula is C15H14F2N4. The first-order valence-electron chi connectivity index (χ1n) is 6.61. The zero-order chi connectivity index (χ0) is 15.1. The average Bonchev–Trinajstić information content (AvgIpc) is 2.77. The second kappa shape index (κ2) is 4.87. The van der Waals surface area contributed by atoms with Crippen LogP contribution in [0.3, 0.4) is 0 Å². The van der Waals surface area contributed by atoms with Crippen molar-refractivity contribution in [1.82, 2.24) is 19.5 Å². The summed E-state index contributed by atoms with van der Waals surface area (Å²) >= 11 is 0. The molecule has 0 aliphatic carbocycles. The lowest BCUT2D eigenvalue weighted by atomic mass is 10.1. The summed E-state index contributed by atoms with van der Waals surface area (Å²) in [5.74, 6) is -0.221. The van der Waals surface area contributed by atoms with E-state index in [-0.39, 0.29) is 11.5 Å². The third kappa shape index (κ3) is 2.16. The highest BCUT2D eigenvalue weighted by atomic mass is 19.1. The van der Waals surface area contributed by atoms with Gasteiger partial charge in [-0.25, -0.2) is 23.7 Å². The molecule has 0 saturated heterocycles. The predicted molar refractivity (Wildman–Crippen MR) is 75.7 cm³/mol. The Morgan fingerprint density at radius 2 is 1.90 bits per heavy atom. The molecule has 3 aromatic rings. The predicted octanol–water partition coefficient (Wildman–Crippen LogP) is 3.43. The molecule has 0 radical (unpaired) electrons. The van der Waals surface area contributed by atoms with Crippen LogP contribution in [0.2, 0.25) is 0 Å². The maximum atomic E-state index is 14.0. The Hall–Kier alpha value is -2.37. The Morgan fingerprint density at radius 3 is 2.57 bits per heavy atom.